The van der Waals surface area contributed by atoms with Crippen LogP contribution in [0.25, 0.3) is 11.1 Å². The zero-order chi connectivity index (χ0) is 20.3. The van der Waals surface area contributed by atoms with Gasteiger partial charge in [0.1, 0.15) is 23.2 Å². The summed E-state index contributed by atoms with van der Waals surface area (Å²) in [5, 5.41) is 11.5. The zero-order valence-electron chi connectivity index (χ0n) is 15.4. The van der Waals surface area contributed by atoms with Gasteiger partial charge in [0.05, 0.1) is 12.2 Å². The van der Waals surface area contributed by atoms with Crippen LogP contribution in [-0.4, -0.2) is 33.1 Å². The number of ether oxygens (including phenoxy) is 1. The molecule has 3 rings (SSSR count). The summed E-state index contributed by atoms with van der Waals surface area (Å²) in [6.45, 7) is 1.89. The molecule has 0 aliphatic heterocycles. The minimum Gasteiger partial charge on any atom is -0.494 e. The summed E-state index contributed by atoms with van der Waals surface area (Å²) in [7, 11) is 1.55. The van der Waals surface area contributed by atoms with Crippen molar-refractivity contribution in [2.45, 2.75) is 19.8 Å². The number of benzene rings is 1. The highest BCUT2D eigenvalue weighted by Crippen LogP contribution is 2.23. The number of aromatic nitrogens is 2. The van der Waals surface area contributed by atoms with Crippen LogP contribution in [0.4, 0.5) is 5.69 Å². The minimum absolute atomic E-state index is 0.0421. The van der Waals surface area contributed by atoms with Gasteiger partial charge in [0.25, 0.3) is 11.5 Å². The lowest BCUT2D eigenvalue weighted by atomic mass is 10.1. The predicted molar refractivity (Wildman–Crippen MR) is 101 cm³/mol. The van der Waals surface area contributed by atoms with Crippen LogP contribution in [0.2, 0.25) is 0 Å². The molecular formula is C19H19N3O6. The molecule has 146 valence electrons. The van der Waals surface area contributed by atoms with Crippen LogP contribution in [0.15, 0.2) is 39.8 Å². The molecule has 0 aliphatic rings. The van der Waals surface area contributed by atoms with Crippen molar-refractivity contribution in [2.24, 2.45) is 7.05 Å². The van der Waals surface area contributed by atoms with E-state index in [2.05, 4.69) is 10.3 Å². The van der Waals surface area contributed by atoms with Gasteiger partial charge in [0.2, 0.25) is 5.71 Å². The minimum atomic E-state index is -0.867. The molecule has 9 heteroatoms. The van der Waals surface area contributed by atoms with Crippen molar-refractivity contribution in [1.29, 1.82) is 0 Å². The Morgan fingerprint density at radius 1 is 1.29 bits per heavy atom. The van der Waals surface area contributed by atoms with E-state index in [1.807, 2.05) is 0 Å². The third kappa shape index (κ3) is 4.03. The van der Waals surface area contributed by atoms with Crippen LogP contribution < -0.4 is 15.6 Å². The van der Waals surface area contributed by atoms with Crippen molar-refractivity contribution in [1.82, 2.24) is 9.55 Å². The predicted octanol–water partition coefficient (Wildman–Crippen LogP) is 2.33. The summed E-state index contributed by atoms with van der Waals surface area (Å²) in [5.74, 6) is -0.474. The van der Waals surface area contributed by atoms with Crippen LogP contribution in [0.5, 0.6) is 5.75 Å². The Morgan fingerprint density at radius 2 is 2.00 bits per heavy atom. The topological polar surface area (TPSA) is 124 Å². The number of anilines is 1. The number of carboxylic acids is 1. The molecule has 0 spiro atoms. The summed E-state index contributed by atoms with van der Waals surface area (Å²) < 4.78 is 12.2. The largest absolute Gasteiger partial charge is 0.494 e. The number of carboxylic acid groups (broad SMARTS) is 1. The van der Waals surface area contributed by atoms with Crippen molar-refractivity contribution in [3.05, 3.63) is 52.3 Å². The molecule has 1 aromatic carbocycles. The average Bonchev–Trinajstić information content (AvgIpc) is 3.00. The number of rotatable bonds is 7. The molecule has 1 amide bonds. The number of carbonyl (C=O) groups excluding carboxylic acids is 1. The van der Waals surface area contributed by atoms with Crippen LogP contribution in [0.1, 0.15) is 29.0 Å². The van der Waals surface area contributed by atoms with E-state index in [0.29, 0.717) is 23.6 Å². The SMILES string of the molecule is Cc1oc2ncn(C)c(=O)c2c1C(=O)Nc1ccc(OCCCC(=O)O)cc1. The molecule has 3 aromatic rings. The van der Waals surface area contributed by atoms with Crippen LogP contribution in [-0.2, 0) is 11.8 Å². The Balaban J connectivity index is 1.73. The number of nitrogens with zero attached hydrogens (tertiary/aromatic N) is 2. The summed E-state index contributed by atoms with van der Waals surface area (Å²) in [5.41, 5.74) is 0.419. The number of amides is 1. The normalized spacial score (nSPS) is 10.8. The fourth-order valence-electron chi connectivity index (χ4n) is 2.70. The Bertz CT molecular complexity index is 1080. The number of nitrogens with one attached hydrogen (secondary N) is 1. The first kappa shape index (κ1) is 19.2. The third-order valence-corrected chi connectivity index (χ3v) is 4.09. The second kappa shape index (κ2) is 7.95. The molecule has 0 radical (unpaired) electrons. The highest BCUT2D eigenvalue weighted by molar-refractivity contribution is 6.12. The Labute approximate surface area is 159 Å². The summed E-state index contributed by atoms with van der Waals surface area (Å²) in [6.07, 6.45) is 1.79. The standard InChI is InChI=1S/C19H19N3O6/c1-11-15(16-18(28-11)20-10-22(2)19(16)26)17(25)21-12-5-7-13(8-6-12)27-9-3-4-14(23)24/h5-8,10H,3-4,9H2,1-2H3,(H,21,25)(H,23,24). The van der Waals surface area contributed by atoms with Gasteiger partial charge in [-0.3, -0.25) is 14.4 Å². The number of hydrogen-bond acceptors (Lipinski definition) is 6. The first-order valence-corrected chi connectivity index (χ1v) is 8.57. The third-order valence-electron chi connectivity index (χ3n) is 4.09. The maximum absolute atomic E-state index is 12.7. The van der Waals surface area contributed by atoms with Crippen molar-refractivity contribution in [2.75, 3.05) is 11.9 Å². The molecule has 0 aliphatic carbocycles. The first-order valence-electron chi connectivity index (χ1n) is 8.57. The molecule has 0 fully saturated rings. The van der Waals surface area contributed by atoms with Crippen LogP contribution >= 0.6 is 0 Å². The second-order valence-corrected chi connectivity index (χ2v) is 6.20. The van der Waals surface area contributed by atoms with E-state index in [0.717, 1.165) is 0 Å². The Hall–Kier alpha value is -3.62. The highest BCUT2D eigenvalue weighted by Gasteiger charge is 2.22. The van der Waals surface area contributed by atoms with Gasteiger partial charge < -0.3 is 24.1 Å². The molecule has 0 unspecified atom stereocenters. The summed E-state index contributed by atoms with van der Waals surface area (Å²) in [4.78, 5) is 39.6. The maximum Gasteiger partial charge on any atom is 0.303 e. The van der Waals surface area contributed by atoms with E-state index >= 15 is 0 Å². The Kier molecular flexibility index (Phi) is 5.44. The lowest BCUT2D eigenvalue weighted by Crippen LogP contribution is -2.20. The smallest absolute Gasteiger partial charge is 0.303 e. The lowest BCUT2D eigenvalue weighted by Gasteiger charge is -2.08. The fourth-order valence-corrected chi connectivity index (χ4v) is 2.70. The maximum atomic E-state index is 12.7. The molecular weight excluding hydrogens is 366 g/mol. The zero-order valence-corrected chi connectivity index (χ0v) is 15.4. The van der Waals surface area contributed by atoms with Gasteiger partial charge in [-0.1, -0.05) is 0 Å². The number of hydrogen-bond donors (Lipinski definition) is 2. The molecule has 2 N–H and O–H groups in total. The highest BCUT2D eigenvalue weighted by atomic mass is 16.5. The van der Waals surface area contributed by atoms with Gasteiger partial charge in [0, 0.05) is 19.2 Å². The number of aryl methyl sites for hydroxylation is 2. The van der Waals surface area contributed by atoms with E-state index < -0.39 is 11.9 Å². The second-order valence-electron chi connectivity index (χ2n) is 6.20. The van der Waals surface area contributed by atoms with Gasteiger partial charge >= 0.3 is 5.97 Å². The van der Waals surface area contributed by atoms with E-state index in [4.69, 9.17) is 14.3 Å². The average molecular weight is 385 g/mol. The monoisotopic (exact) mass is 385 g/mol. The van der Waals surface area contributed by atoms with Crippen LogP contribution in [0, 0.1) is 6.92 Å². The van der Waals surface area contributed by atoms with Gasteiger partial charge in [-0.25, -0.2) is 4.98 Å². The number of furan rings is 1. The molecule has 2 aromatic heterocycles. The van der Waals surface area contributed by atoms with Crippen molar-refractivity contribution in [3.8, 4) is 5.75 Å². The van der Waals surface area contributed by atoms with Gasteiger partial charge in [0.15, 0.2) is 0 Å². The fraction of sp³-hybridized carbons (Fsp3) is 0.263. The summed E-state index contributed by atoms with van der Waals surface area (Å²) >= 11 is 0. The quantitative estimate of drug-likeness (QED) is 0.598. The number of aliphatic carboxylic acids is 1. The van der Waals surface area contributed by atoms with E-state index in [-0.39, 0.29) is 35.3 Å². The Morgan fingerprint density at radius 3 is 2.68 bits per heavy atom. The molecule has 0 bridgehead atoms. The van der Waals surface area contributed by atoms with Crippen molar-refractivity contribution >= 4 is 28.7 Å². The van der Waals surface area contributed by atoms with Crippen LogP contribution in [0.3, 0.4) is 0 Å². The molecule has 0 saturated carbocycles. The molecule has 0 saturated heterocycles. The van der Waals surface area contributed by atoms with Gasteiger partial charge in [-0.05, 0) is 37.6 Å². The number of fused-ring (bicyclic) bond motifs is 1. The lowest BCUT2D eigenvalue weighted by molar-refractivity contribution is -0.137. The van der Waals surface area contributed by atoms with Gasteiger partial charge in [-0.2, -0.15) is 0 Å². The molecule has 0 atom stereocenters. The first-order chi connectivity index (χ1) is 13.4. The van der Waals surface area contributed by atoms with E-state index in [9.17, 15) is 14.4 Å². The van der Waals surface area contributed by atoms with E-state index in [1.165, 1.54) is 10.9 Å². The van der Waals surface area contributed by atoms with Gasteiger partial charge in [-0.15, -0.1) is 0 Å². The number of carbonyl (C=O) groups is 2. The van der Waals surface area contributed by atoms with Crippen molar-refractivity contribution in [3.63, 3.8) is 0 Å². The van der Waals surface area contributed by atoms with E-state index in [1.54, 1.807) is 38.2 Å². The van der Waals surface area contributed by atoms with Crippen molar-refractivity contribution < 1.29 is 23.8 Å². The molecule has 2 heterocycles. The summed E-state index contributed by atoms with van der Waals surface area (Å²) in [6, 6.07) is 6.63. The molecule has 28 heavy (non-hydrogen) atoms. The molecule has 9 nitrogen and oxygen atoms in total.